The Labute approximate surface area is 82.7 Å². The highest BCUT2D eigenvalue weighted by Crippen LogP contribution is 2.39. The van der Waals surface area contributed by atoms with Gasteiger partial charge in [0.05, 0.1) is 0 Å². The van der Waals surface area contributed by atoms with Gasteiger partial charge in [-0.15, -0.1) is 11.8 Å². The van der Waals surface area contributed by atoms with E-state index in [4.69, 9.17) is 4.74 Å². The van der Waals surface area contributed by atoms with E-state index >= 15 is 0 Å². The zero-order chi connectivity index (χ0) is 9.26. The van der Waals surface area contributed by atoms with Gasteiger partial charge in [0.1, 0.15) is 6.10 Å². The quantitative estimate of drug-likeness (QED) is 0.477. The Morgan fingerprint density at radius 2 is 2.38 bits per heavy atom. The van der Waals surface area contributed by atoms with Crippen LogP contribution in [0.3, 0.4) is 0 Å². The Kier molecular flexibility index (Phi) is 2.63. The van der Waals surface area contributed by atoms with Crippen molar-refractivity contribution in [3.63, 3.8) is 0 Å². The monoisotopic (exact) mass is 198 g/mol. The lowest BCUT2D eigenvalue weighted by Gasteiger charge is -2.36. The molecule has 0 saturated carbocycles. The molecule has 0 aliphatic carbocycles. The van der Waals surface area contributed by atoms with Crippen LogP contribution in [0.5, 0.6) is 0 Å². The van der Waals surface area contributed by atoms with Crippen molar-refractivity contribution in [1.82, 2.24) is 0 Å². The Morgan fingerprint density at radius 1 is 1.54 bits per heavy atom. The van der Waals surface area contributed by atoms with Crippen LogP contribution in [0.1, 0.15) is 26.2 Å². The molecule has 3 heteroatoms. The van der Waals surface area contributed by atoms with Crippen LogP contribution < -0.4 is 0 Å². The third kappa shape index (κ3) is 2.08. The molecule has 2 heterocycles. The summed E-state index contributed by atoms with van der Waals surface area (Å²) in [6, 6.07) is 0. The predicted molar refractivity (Wildman–Crippen MR) is 53.7 cm³/mol. The summed E-state index contributed by atoms with van der Waals surface area (Å²) in [4.78, 5) is 10.8. The average molecular weight is 198 g/mol. The second-order valence-electron chi connectivity index (χ2n) is 3.60. The van der Waals surface area contributed by atoms with Crippen molar-refractivity contribution in [3.05, 3.63) is 12.2 Å². The van der Waals surface area contributed by atoms with Gasteiger partial charge in [-0.05, 0) is 19.3 Å². The molecule has 1 saturated heterocycles. The van der Waals surface area contributed by atoms with Crippen LogP contribution in [0.4, 0.5) is 0 Å². The topological polar surface area (TPSA) is 26.3 Å². The number of fused-ring (bicyclic) bond motifs is 2. The van der Waals surface area contributed by atoms with E-state index in [9.17, 15) is 4.79 Å². The van der Waals surface area contributed by atoms with E-state index in [1.807, 2.05) is 11.8 Å². The molecular formula is C10H14O2S. The number of carbonyl (C=O) groups excluding carboxylic acids is 1. The largest absolute Gasteiger partial charge is 0.461 e. The fourth-order valence-corrected chi connectivity index (χ4v) is 3.47. The van der Waals surface area contributed by atoms with Gasteiger partial charge in [-0.3, -0.25) is 4.79 Å². The Bertz CT molecular complexity index is 237. The van der Waals surface area contributed by atoms with Gasteiger partial charge in [0.2, 0.25) is 0 Å². The molecule has 0 aromatic carbocycles. The summed E-state index contributed by atoms with van der Waals surface area (Å²) >= 11 is 1.96. The zero-order valence-electron chi connectivity index (χ0n) is 7.73. The van der Waals surface area contributed by atoms with E-state index < -0.39 is 0 Å². The molecule has 3 atom stereocenters. The number of esters is 1. The van der Waals surface area contributed by atoms with Gasteiger partial charge in [0.15, 0.2) is 0 Å². The summed E-state index contributed by atoms with van der Waals surface area (Å²) in [6.07, 6.45) is 7.90. The van der Waals surface area contributed by atoms with Crippen molar-refractivity contribution in [2.24, 2.45) is 0 Å². The standard InChI is InChI=1S/C10H14O2S/c1-7(11)12-9-6-5-8-3-2-4-10(9)13-8/h2-3,8-10H,4-6H2,1H3. The van der Waals surface area contributed by atoms with Crippen LogP contribution in [0, 0.1) is 0 Å². The SMILES string of the molecule is CC(=O)OC1CCC2C=CCC1S2. The van der Waals surface area contributed by atoms with E-state index in [0.717, 1.165) is 19.3 Å². The molecule has 2 nitrogen and oxygen atoms in total. The molecule has 3 unspecified atom stereocenters. The van der Waals surface area contributed by atoms with E-state index in [-0.39, 0.29) is 12.1 Å². The molecule has 0 aromatic rings. The number of carbonyl (C=O) groups is 1. The molecule has 13 heavy (non-hydrogen) atoms. The highest BCUT2D eigenvalue weighted by molar-refractivity contribution is 8.00. The third-order valence-electron chi connectivity index (χ3n) is 2.54. The smallest absolute Gasteiger partial charge is 0.302 e. The summed E-state index contributed by atoms with van der Waals surface area (Å²) < 4.78 is 5.28. The maximum absolute atomic E-state index is 10.8. The zero-order valence-corrected chi connectivity index (χ0v) is 8.55. The molecule has 2 rings (SSSR count). The summed E-state index contributed by atoms with van der Waals surface area (Å²) in [5.41, 5.74) is 0. The summed E-state index contributed by atoms with van der Waals surface area (Å²) in [6.45, 7) is 1.50. The fraction of sp³-hybridized carbons (Fsp3) is 0.700. The fourth-order valence-electron chi connectivity index (χ4n) is 1.96. The minimum atomic E-state index is -0.140. The molecule has 1 fully saturated rings. The number of allylic oxidation sites excluding steroid dienone is 1. The van der Waals surface area contributed by atoms with Crippen molar-refractivity contribution in [1.29, 1.82) is 0 Å². The maximum Gasteiger partial charge on any atom is 0.302 e. The van der Waals surface area contributed by atoms with Gasteiger partial charge in [0.25, 0.3) is 0 Å². The van der Waals surface area contributed by atoms with Gasteiger partial charge >= 0.3 is 5.97 Å². The molecule has 2 aliphatic rings. The van der Waals surface area contributed by atoms with E-state index in [0.29, 0.717) is 10.5 Å². The molecule has 0 N–H and O–H groups in total. The normalized spacial score (nSPS) is 37.2. The van der Waals surface area contributed by atoms with Crippen LogP contribution in [0.25, 0.3) is 0 Å². The highest BCUT2D eigenvalue weighted by atomic mass is 32.2. The van der Waals surface area contributed by atoms with Gasteiger partial charge in [-0.2, -0.15) is 0 Å². The molecule has 0 amide bonds. The molecule has 72 valence electrons. The van der Waals surface area contributed by atoms with Crippen molar-refractivity contribution in [2.45, 2.75) is 42.8 Å². The van der Waals surface area contributed by atoms with E-state index in [1.54, 1.807) is 0 Å². The minimum absolute atomic E-state index is 0.140. The summed E-state index contributed by atoms with van der Waals surface area (Å²) in [5.74, 6) is -0.140. The molecular weight excluding hydrogens is 184 g/mol. The first-order valence-electron chi connectivity index (χ1n) is 4.75. The number of hydrogen-bond donors (Lipinski definition) is 0. The second-order valence-corrected chi connectivity index (χ2v) is 5.09. The molecule has 2 bridgehead atoms. The number of rotatable bonds is 1. The predicted octanol–water partition coefficient (Wildman–Crippen LogP) is 2.14. The Balaban J connectivity index is 1.99. The van der Waals surface area contributed by atoms with E-state index in [2.05, 4.69) is 12.2 Å². The highest BCUT2D eigenvalue weighted by Gasteiger charge is 2.33. The summed E-state index contributed by atoms with van der Waals surface area (Å²) in [7, 11) is 0. The number of thioether (sulfide) groups is 1. The van der Waals surface area contributed by atoms with Crippen molar-refractivity contribution >= 4 is 17.7 Å². The number of hydrogen-bond acceptors (Lipinski definition) is 3. The minimum Gasteiger partial charge on any atom is -0.461 e. The van der Waals surface area contributed by atoms with E-state index in [1.165, 1.54) is 6.92 Å². The molecule has 0 spiro atoms. The lowest BCUT2D eigenvalue weighted by atomic mass is 10.0. The first kappa shape index (κ1) is 9.13. The Hall–Kier alpha value is -0.440. The Morgan fingerprint density at radius 3 is 3.15 bits per heavy atom. The van der Waals surface area contributed by atoms with Crippen LogP contribution >= 0.6 is 11.8 Å². The van der Waals surface area contributed by atoms with Crippen molar-refractivity contribution in [2.75, 3.05) is 0 Å². The van der Waals surface area contributed by atoms with Crippen molar-refractivity contribution < 1.29 is 9.53 Å². The second kappa shape index (κ2) is 3.74. The lowest BCUT2D eigenvalue weighted by Crippen LogP contribution is -2.35. The lowest BCUT2D eigenvalue weighted by molar-refractivity contribution is -0.146. The number of ether oxygens (including phenoxy) is 1. The van der Waals surface area contributed by atoms with Gasteiger partial charge in [0, 0.05) is 17.4 Å². The van der Waals surface area contributed by atoms with Gasteiger partial charge in [-0.25, -0.2) is 0 Å². The first-order valence-corrected chi connectivity index (χ1v) is 5.69. The maximum atomic E-state index is 10.8. The molecule has 0 aromatic heterocycles. The average Bonchev–Trinajstić information content (AvgIpc) is 2.10. The van der Waals surface area contributed by atoms with Crippen LogP contribution in [-0.4, -0.2) is 22.6 Å². The first-order chi connectivity index (χ1) is 6.25. The third-order valence-corrected chi connectivity index (χ3v) is 4.12. The summed E-state index contributed by atoms with van der Waals surface area (Å²) in [5, 5.41) is 1.18. The van der Waals surface area contributed by atoms with Crippen molar-refractivity contribution in [3.8, 4) is 0 Å². The van der Waals surface area contributed by atoms with Gasteiger partial charge < -0.3 is 4.74 Å². The van der Waals surface area contributed by atoms with Crippen LogP contribution in [-0.2, 0) is 9.53 Å². The molecule has 0 radical (unpaired) electrons. The van der Waals surface area contributed by atoms with Crippen LogP contribution in [0.2, 0.25) is 0 Å². The molecule has 2 aliphatic heterocycles. The van der Waals surface area contributed by atoms with Crippen LogP contribution in [0.15, 0.2) is 12.2 Å². The van der Waals surface area contributed by atoms with Gasteiger partial charge in [-0.1, -0.05) is 12.2 Å².